The quantitative estimate of drug-likeness (QED) is 0.732. The molecule has 5 nitrogen and oxygen atoms in total. The summed E-state index contributed by atoms with van der Waals surface area (Å²) in [5.41, 5.74) is 3.82. The van der Waals surface area contributed by atoms with Gasteiger partial charge in [0.15, 0.2) is 0 Å². The Morgan fingerprint density at radius 2 is 1.83 bits per heavy atom. The minimum atomic E-state index is 0.0782. The lowest BCUT2D eigenvalue weighted by Gasteiger charge is -2.32. The molecule has 0 atom stereocenters. The number of hydrogen-bond donors (Lipinski definition) is 1. The van der Waals surface area contributed by atoms with Crippen LogP contribution in [0.3, 0.4) is 0 Å². The first-order valence-corrected chi connectivity index (χ1v) is 10.2. The first kappa shape index (κ1) is 19.4. The van der Waals surface area contributed by atoms with Crippen LogP contribution < -0.4 is 10.9 Å². The molecule has 0 spiro atoms. The van der Waals surface area contributed by atoms with Gasteiger partial charge in [-0.1, -0.05) is 30.3 Å². The van der Waals surface area contributed by atoms with Gasteiger partial charge in [0.25, 0.3) is 5.56 Å². The highest BCUT2D eigenvalue weighted by Gasteiger charge is 2.19. The maximum absolute atomic E-state index is 12.7. The molecule has 1 aliphatic rings. The SMILES string of the molecule is Cn1c(=O)c(CNC2CCN(Cc3ccc(C#N)cc3)CC2)cc2ccccc21. The van der Waals surface area contributed by atoms with Crippen molar-refractivity contribution in [3.8, 4) is 6.07 Å². The summed E-state index contributed by atoms with van der Waals surface area (Å²) in [4.78, 5) is 15.1. The summed E-state index contributed by atoms with van der Waals surface area (Å²) < 4.78 is 1.74. The molecular formula is C24H26N4O. The van der Waals surface area contributed by atoms with Crippen molar-refractivity contribution in [3.05, 3.63) is 81.6 Å². The van der Waals surface area contributed by atoms with Crippen LogP contribution in [0.5, 0.6) is 0 Å². The summed E-state index contributed by atoms with van der Waals surface area (Å²) in [5.74, 6) is 0. The maximum Gasteiger partial charge on any atom is 0.255 e. The second-order valence-corrected chi connectivity index (χ2v) is 7.83. The Morgan fingerprint density at radius 1 is 1.10 bits per heavy atom. The molecule has 0 amide bonds. The molecule has 3 aromatic rings. The number of rotatable bonds is 5. The van der Waals surface area contributed by atoms with Crippen LogP contribution in [-0.2, 0) is 20.1 Å². The van der Waals surface area contributed by atoms with Crippen molar-refractivity contribution in [1.29, 1.82) is 5.26 Å². The zero-order valence-corrected chi connectivity index (χ0v) is 16.8. The highest BCUT2D eigenvalue weighted by molar-refractivity contribution is 5.79. The standard InChI is InChI=1S/C24H26N4O/c1-27-23-5-3-2-4-20(23)14-21(24(27)29)16-26-22-10-12-28(13-11-22)17-19-8-6-18(15-25)7-9-19/h2-9,14,22,26H,10-13,16-17H2,1H3. The minimum Gasteiger partial charge on any atom is -0.311 e. The Balaban J connectivity index is 1.32. The predicted molar refractivity (Wildman–Crippen MR) is 115 cm³/mol. The van der Waals surface area contributed by atoms with E-state index in [1.54, 1.807) is 4.57 Å². The molecule has 1 fully saturated rings. The van der Waals surface area contributed by atoms with Gasteiger partial charge in [-0.25, -0.2) is 0 Å². The Labute approximate surface area is 171 Å². The molecule has 0 aliphatic carbocycles. The molecule has 148 valence electrons. The summed E-state index contributed by atoms with van der Waals surface area (Å²) in [6, 6.07) is 20.5. The van der Waals surface area contributed by atoms with Crippen molar-refractivity contribution in [3.63, 3.8) is 0 Å². The molecule has 1 aliphatic heterocycles. The first-order chi connectivity index (χ1) is 14.1. The average Bonchev–Trinajstić information content (AvgIpc) is 2.77. The average molecular weight is 386 g/mol. The van der Waals surface area contributed by atoms with Crippen molar-refractivity contribution < 1.29 is 0 Å². The Hall–Kier alpha value is -2.94. The van der Waals surface area contributed by atoms with Gasteiger partial charge in [0.1, 0.15) is 0 Å². The van der Waals surface area contributed by atoms with Crippen LogP contribution in [0.2, 0.25) is 0 Å². The Morgan fingerprint density at radius 3 is 2.55 bits per heavy atom. The number of pyridine rings is 1. The third-order valence-corrected chi connectivity index (χ3v) is 5.87. The van der Waals surface area contributed by atoms with Crippen LogP contribution in [0.15, 0.2) is 59.4 Å². The number of fused-ring (bicyclic) bond motifs is 1. The van der Waals surface area contributed by atoms with E-state index < -0.39 is 0 Å². The van der Waals surface area contributed by atoms with Gasteiger partial charge in [-0.2, -0.15) is 5.26 Å². The number of nitrogens with one attached hydrogen (secondary N) is 1. The molecule has 29 heavy (non-hydrogen) atoms. The van der Waals surface area contributed by atoms with Crippen LogP contribution in [0, 0.1) is 11.3 Å². The monoisotopic (exact) mass is 386 g/mol. The van der Waals surface area contributed by atoms with E-state index >= 15 is 0 Å². The minimum absolute atomic E-state index is 0.0782. The molecule has 2 heterocycles. The number of hydrogen-bond acceptors (Lipinski definition) is 4. The van der Waals surface area contributed by atoms with Crippen molar-refractivity contribution >= 4 is 10.9 Å². The van der Waals surface area contributed by atoms with Crippen LogP contribution in [-0.4, -0.2) is 28.6 Å². The van der Waals surface area contributed by atoms with Gasteiger partial charge in [0.05, 0.1) is 17.1 Å². The third kappa shape index (κ3) is 4.40. The smallest absolute Gasteiger partial charge is 0.255 e. The first-order valence-electron chi connectivity index (χ1n) is 10.2. The summed E-state index contributed by atoms with van der Waals surface area (Å²) in [6.45, 7) is 3.60. The Bertz CT molecular complexity index is 1090. The molecule has 0 bridgehead atoms. The molecule has 1 N–H and O–H groups in total. The zero-order chi connectivity index (χ0) is 20.2. The normalized spacial score (nSPS) is 15.4. The molecular weight excluding hydrogens is 360 g/mol. The van der Waals surface area contributed by atoms with E-state index in [9.17, 15) is 4.79 Å². The number of benzene rings is 2. The summed E-state index contributed by atoms with van der Waals surface area (Å²) in [5, 5.41) is 13.6. The molecule has 1 saturated heterocycles. The van der Waals surface area contributed by atoms with Crippen molar-refractivity contribution in [2.45, 2.75) is 32.0 Å². The zero-order valence-electron chi connectivity index (χ0n) is 16.8. The number of likely N-dealkylation sites (tertiary alicyclic amines) is 1. The van der Waals surface area contributed by atoms with Crippen LogP contribution in [0.1, 0.15) is 29.5 Å². The van der Waals surface area contributed by atoms with Gasteiger partial charge in [-0.15, -0.1) is 0 Å². The molecule has 0 unspecified atom stereocenters. The van der Waals surface area contributed by atoms with Crippen molar-refractivity contribution in [2.75, 3.05) is 13.1 Å². The number of para-hydroxylation sites is 1. The molecule has 0 saturated carbocycles. The van der Waals surface area contributed by atoms with E-state index in [1.807, 2.05) is 55.6 Å². The molecule has 1 aromatic heterocycles. The number of aromatic nitrogens is 1. The summed E-state index contributed by atoms with van der Waals surface area (Å²) in [6.07, 6.45) is 2.15. The van der Waals surface area contributed by atoms with E-state index in [2.05, 4.69) is 22.4 Å². The number of nitriles is 1. The maximum atomic E-state index is 12.7. The number of piperidine rings is 1. The predicted octanol–water partition coefficient (Wildman–Crippen LogP) is 3.16. The Kier molecular flexibility index (Phi) is 5.75. The topological polar surface area (TPSA) is 61.1 Å². The lowest BCUT2D eigenvalue weighted by Crippen LogP contribution is -2.42. The van der Waals surface area contributed by atoms with Crippen molar-refractivity contribution in [1.82, 2.24) is 14.8 Å². The van der Waals surface area contributed by atoms with Gasteiger partial charge in [0.2, 0.25) is 0 Å². The van der Waals surface area contributed by atoms with E-state index in [0.717, 1.165) is 48.9 Å². The summed E-state index contributed by atoms with van der Waals surface area (Å²) in [7, 11) is 1.84. The van der Waals surface area contributed by atoms with E-state index in [1.165, 1.54) is 5.56 Å². The molecule has 5 heteroatoms. The van der Waals surface area contributed by atoms with Gasteiger partial charge >= 0.3 is 0 Å². The fourth-order valence-electron chi connectivity index (χ4n) is 4.11. The van der Waals surface area contributed by atoms with Crippen LogP contribution in [0.4, 0.5) is 0 Å². The molecule has 4 rings (SSSR count). The highest BCUT2D eigenvalue weighted by Crippen LogP contribution is 2.16. The van der Waals surface area contributed by atoms with Crippen LogP contribution in [0.25, 0.3) is 10.9 Å². The third-order valence-electron chi connectivity index (χ3n) is 5.87. The fourth-order valence-corrected chi connectivity index (χ4v) is 4.11. The van der Waals surface area contributed by atoms with Gasteiger partial charge in [-0.3, -0.25) is 9.69 Å². The second-order valence-electron chi connectivity index (χ2n) is 7.83. The van der Waals surface area contributed by atoms with Crippen molar-refractivity contribution in [2.24, 2.45) is 7.05 Å². The lowest BCUT2D eigenvalue weighted by atomic mass is 10.0. The largest absolute Gasteiger partial charge is 0.311 e. The number of aryl methyl sites for hydroxylation is 1. The molecule has 2 aromatic carbocycles. The second kappa shape index (κ2) is 8.60. The van der Waals surface area contributed by atoms with Gasteiger partial charge < -0.3 is 9.88 Å². The van der Waals surface area contributed by atoms with E-state index in [4.69, 9.17) is 5.26 Å². The fraction of sp³-hybridized carbons (Fsp3) is 0.333. The summed E-state index contributed by atoms with van der Waals surface area (Å²) >= 11 is 0. The van der Waals surface area contributed by atoms with Gasteiger partial charge in [-0.05, 0) is 61.1 Å². The van der Waals surface area contributed by atoms with E-state index in [0.29, 0.717) is 18.2 Å². The molecule has 0 radical (unpaired) electrons. The lowest BCUT2D eigenvalue weighted by molar-refractivity contribution is 0.190. The number of nitrogens with zero attached hydrogens (tertiary/aromatic N) is 3. The highest BCUT2D eigenvalue weighted by atomic mass is 16.1. The van der Waals surface area contributed by atoms with E-state index in [-0.39, 0.29) is 5.56 Å². The van der Waals surface area contributed by atoms with Gasteiger partial charge in [0, 0.05) is 31.7 Å². The van der Waals surface area contributed by atoms with Crippen LogP contribution >= 0.6 is 0 Å².